The number of likely N-dealkylation sites (tertiary alicyclic amines) is 1. The van der Waals surface area contributed by atoms with Crippen molar-refractivity contribution < 1.29 is 14.7 Å². The predicted molar refractivity (Wildman–Crippen MR) is 91.2 cm³/mol. The van der Waals surface area contributed by atoms with Crippen LogP contribution in [0.2, 0.25) is 0 Å². The second-order valence-electron chi connectivity index (χ2n) is 6.59. The molecule has 2 atom stereocenters. The molecule has 1 aliphatic carbocycles. The molecule has 3 rings (SSSR count). The molecule has 1 saturated carbocycles. The van der Waals surface area contributed by atoms with Crippen molar-refractivity contribution in [3.8, 4) is 0 Å². The zero-order chi connectivity index (χ0) is 16.4. The van der Waals surface area contributed by atoms with E-state index in [1.165, 1.54) is 0 Å². The summed E-state index contributed by atoms with van der Waals surface area (Å²) in [6.45, 7) is 2.00. The van der Waals surface area contributed by atoms with Gasteiger partial charge in [-0.15, -0.1) is 0 Å². The number of anilines is 1. The van der Waals surface area contributed by atoms with Gasteiger partial charge in [-0.3, -0.25) is 9.59 Å². The quantitative estimate of drug-likeness (QED) is 0.823. The van der Waals surface area contributed by atoms with E-state index in [1.807, 2.05) is 24.3 Å². The number of amides is 1. The van der Waals surface area contributed by atoms with Crippen LogP contribution in [0.3, 0.4) is 0 Å². The van der Waals surface area contributed by atoms with Crippen LogP contribution in [0, 0.1) is 11.3 Å². The van der Waals surface area contributed by atoms with Gasteiger partial charge in [0, 0.05) is 36.2 Å². The van der Waals surface area contributed by atoms with Crippen molar-refractivity contribution in [2.45, 2.75) is 25.7 Å². The highest BCUT2D eigenvalue weighted by Crippen LogP contribution is 2.48. The number of carbonyl (C=O) groups excluding carboxylic acids is 1. The van der Waals surface area contributed by atoms with Crippen LogP contribution in [0.15, 0.2) is 28.7 Å². The first-order valence-electron chi connectivity index (χ1n) is 8.01. The highest BCUT2D eigenvalue weighted by molar-refractivity contribution is 9.10. The zero-order valence-electron chi connectivity index (χ0n) is 12.9. The molecule has 124 valence electrons. The molecule has 1 aromatic rings. The summed E-state index contributed by atoms with van der Waals surface area (Å²) in [6, 6.07) is 7.49. The van der Waals surface area contributed by atoms with Crippen LogP contribution < -0.4 is 5.32 Å². The van der Waals surface area contributed by atoms with E-state index < -0.39 is 11.4 Å². The molecule has 0 aromatic heterocycles. The van der Waals surface area contributed by atoms with Gasteiger partial charge in [-0.05, 0) is 37.0 Å². The molecular formula is C17H21BrN2O3. The average Bonchev–Trinajstić information content (AvgIpc) is 3.02. The maximum atomic E-state index is 12.1. The van der Waals surface area contributed by atoms with Crippen molar-refractivity contribution in [2.75, 3.05) is 25.0 Å². The van der Waals surface area contributed by atoms with Gasteiger partial charge in [-0.25, -0.2) is 0 Å². The van der Waals surface area contributed by atoms with E-state index in [1.54, 1.807) is 0 Å². The van der Waals surface area contributed by atoms with Crippen LogP contribution in [0.4, 0.5) is 5.69 Å². The number of hydrogen-bond donors (Lipinski definition) is 2. The third kappa shape index (κ3) is 3.43. The fraction of sp³-hybridized carbons (Fsp3) is 0.529. The van der Waals surface area contributed by atoms with Crippen molar-refractivity contribution in [2.24, 2.45) is 11.3 Å². The van der Waals surface area contributed by atoms with Gasteiger partial charge >= 0.3 is 5.97 Å². The number of nitrogens with zero attached hydrogens (tertiary/aromatic N) is 1. The Morgan fingerprint density at radius 1 is 1.43 bits per heavy atom. The fourth-order valence-corrected chi connectivity index (χ4v) is 4.36. The third-order valence-corrected chi connectivity index (χ3v) is 5.62. The molecule has 1 amide bonds. The molecular weight excluding hydrogens is 360 g/mol. The van der Waals surface area contributed by atoms with Crippen molar-refractivity contribution in [1.82, 2.24) is 4.90 Å². The summed E-state index contributed by atoms with van der Waals surface area (Å²) in [4.78, 5) is 25.9. The number of nitrogens with one attached hydrogen (secondary N) is 1. The van der Waals surface area contributed by atoms with Crippen molar-refractivity contribution >= 4 is 33.5 Å². The first-order chi connectivity index (χ1) is 11.0. The minimum Gasteiger partial charge on any atom is -0.481 e. The second-order valence-corrected chi connectivity index (χ2v) is 7.51. The number of fused-ring (bicyclic) bond motifs is 1. The lowest BCUT2D eigenvalue weighted by Crippen LogP contribution is -2.36. The predicted octanol–water partition coefficient (Wildman–Crippen LogP) is 2.96. The van der Waals surface area contributed by atoms with E-state index in [9.17, 15) is 14.7 Å². The number of aliphatic carboxylic acids is 1. The molecule has 1 aromatic carbocycles. The van der Waals surface area contributed by atoms with E-state index >= 15 is 0 Å². The van der Waals surface area contributed by atoms with Gasteiger partial charge in [0.05, 0.1) is 5.41 Å². The Bertz CT molecular complexity index is 622. The van der Waals surface area contributed by atoms with Crippen LogP contribution in [-0.4, -0.2) is 41.5 Å². The molecule has 0 radical (unpaired) electrons. The van der Waals surface area contributed by atoms with E-state index in [4.69, 9.17) is 0 Å². The molecule has 0 spiro atoms. The number of carbonyl (C=O) groups is 2. The van der Waals surface area contributed by atoms with Crippen LogP contribution in [0.25, 0.3) is 0 Å². The summed E-state index contributed by atoms with van der Waals surface area (Å²) >= 11 is 3.38. The summed E-state index contributed by atoms with van der Waals surface area (Å²) in [7, 11) is 0. The average molecular weight is 381 g/mol. The summed E-state index contributed by atoms with van der Waals surface area (Å²) in [5, 5.41) is 12.5. The normalized spacial score (nSPS) is 26.9. The lowest BCUT2D eigenvalue weighted by Gasteiger charge is -2.23. The van der Waals surface area contributed by atoms with E-state index in [-0.39, 0.29) is 11.8 Å². The van der Waals surface area contributed by atoms with Gasteiger partial charge in [-0.2, -0.15) is 0 Å². The molecule has 0 unspecified atom stereocenters. The summed E-state index contributed by atoms with van der Waals surface area (Å²) in [5.41, 5.74) is 0.200. The molecule has 1 saturated heterocycles. The molecule has 0 bridgehead atoms. The molecule has 5 nitrogen and oxygen atoms in total. The lowest BCUT2D eigenvalue weighted by atomic mass is 9.81. The minimum absolute atomic E-state index is 0.0375. The van der Waals surface area contributed by atoms with E-state index in [0.717, 1.165) is 36.0 Å². The Kier molecular flexibility index (Phi) is 4.73. The molecule has 1 heterocycles. The minimum atomic E-state index is -0.666. The summed E-state index contributed by atoms with van der Waals surface area (Å²) in [5.74, 6) is -0.459. The van der Waals surface area contributed by atoms with Crippen molar-refractivity contribution in [3.63, 3.8) is 0 Å². The van der Waals surface area contributed by atoms with Crippen LogP contribution in [0.5, 0.6) is 0 Å². The third-order valence-electron chi connectivity index (χ3n) is 5.13. The number of carboxylic acid groups (broad SMARTS) is 1. The Morgan fingerprint density at radius 3 is 2.96 bits per heavy atom. The number of carboxylic acids is 1. The Morgan fingerprint density at radius 2 is 2.26 bits per heavy atom. The largest absolute Gasteiger partial charge is 0.481 e. The number of halogens is 1. The first kappa shape index (κ1) is 16.5. The number of benzene rings is 1. The second kappa shape index (κ2) is 6.61. The highest BCUT2D eigenvalue weighted by Gasteiger charge is 2.54. The lowest BCUT2D eigenvalue weighted by molar-refractivity contribution is -0.149. The Hall–Kier alpha value is -1.40. The number of hydrogen-bond acceptors (Lipinski definition) is 3. The van der Waals surface area contributed by atoms with Gasteiger partial charge in [0.1, 0.15) is 0 Å². The van der Waals surface area contributed by atoms with Crippen LogP contribution >= 0.6 is 15.9 Å². The van der Waals surface area contributed by atoms with E-state index in [0.29, 0.717) is 19.5 Å². The van der Waals surface area contributed by atoms with Crippen molar-refractivity contribution in [1.29, 1.82) is 0 Å². The van der Waals surface area contributed by atoms with Crippen molar-refractivity contribution in [3.05, 3.63) is 28.7 Å². The smallest absolute Gasteiger partial charge is 0.311 e. The first-order valence-corrected chi connectivity index (χ1v) is 8.80. The molecule has 2 aliphatic rings. The molecule has 2 N–H and O–H groups in total. The highest BCUT2D eigenvalue weighted by atomic mass is 79.9. The van der Waals surface area contributed by atoms with Gasteiger partial charge in [-0.1, -0.05) is 28.4 Å². The number of rotatable bonds is 5. The van der Waals surface area contributed by atoms with Gasteiger partial charge < -0.3 is 15.3 Å². The SMILES string of the molecule is O=C(CCN1C[C@@H]2CCC[C@@]2(C(=O)O)C1)Nc1cccc(Br)c1. The van der Waals surface area contributed by atoms with Crippen LogP contribution in [-0.2, 0) is 9.59 Å². The maximum absolute atomic E-state index is 12.1. The van der Waals surface area contributed by atoms with Crippen LogP contribution in [0.1, 0.15) is 25.7 Å². The molecule has 2 fully saturated rings. The Balaban J connectivity index is 1.51. The van der Waals surface area contributed by atoms with Gasteiger partial charge in [0.15, 0.2) is 0 Å². The van der Waals surface area contributed by atoms with E-state index in [2.05, 4.69) is 26.1 Å². The maximum Gasteiger partial charge on any atom is 0.311 e. The summed E-state index contributed by atoms with van der Waals surface area (Å²) < 4.78 is 0.922. The van der Waals surface area contributed by atoms with Gasteiger partial charge in [0.2, 0.25) is 5.91 Å². The monoisotopic (exact) mass is 380 g/mol. The summed E-state index contributed by atoms with van der Waals surface area (Å²) in [6.07, 6.45) is 3.16. The molecule has 23 heavy (non-hydrogen) atoms. The van der Waals surface area contributed by atoms with Gasteiger partial charge in [0.25, 0.3) is 0 Å². The zero-order valence-corrected chi connectivity index (χ0v) is 14.5. The topological polar surface area (TPSA) is 69.6 Å². The molecule has 6 heteroatoms. The standard InChI is InChI=1S/C17H21BrN2O3/c18-13-4-1-5-14(9-13)19-15(21)6-8-20-10-12-3-2-7-17(12,11-20)16(22)23/h1,4-5,9,12H,2-3,6-8,10-11H2,(H,19,21)(H,22,23)/t12-,17+/m0/s1. The molecule has 1 aliphatic heterocycles. The fourth-order valence-electron chi connectivity index (χ4n) is 3.96. The Labute approximate surface area is 144 Å².